The van der Waals surface area contributed by atoms with Crippen LogP contribution in [0.4, 0.5) is 0 Å². The van der Waals surface area contributed by atoms with Gasteiger partial charge in [0, 0.05) is 31.9 Å². The topological polar surface area (TPSA) is 46.0 Å². The number of rotatable bonds is 5. The van der Waals surface area contributed by atoms with E-state index >= 15 is 0 Å². The van der Waals surface area contributed by atoms with Crippen molar-refractivity contribution in [3.8, 4) is 0 Å². The van der Waals surface area contributed by atoms with Gasteiger partial charge in [0.15, 0.2) is 0 Å². The summed E-state index contributed by atoms with van der Waals surface area (Å²) >= 11 is 0. The number of hydrogen-bond acceptors (Lipinski definition) is 4. The van der Waals surface area contributed by atoms with Crippen LogP contribution >= 0.6 is 0 Å². The van der Waals surface area contributed by atoms with Crippen molar-refractivity contribution in [2.75, 3.05) is 19.6 Å². The summed E-state index contributed by atoms with van der Waals surface area (Å²) in [6.45, 7) is 4.53. The van der Waals surface area contributed by atoms with Gasteiger partial charge in [-0.1, -0.05) is 30.9 Å². The largest absolute Gasteiger partial charge is 0.309 e. The quantitative estimate of drug-likeness (QED) is 0.902. The Kier molecular flexibility index (Phi) is 4.91. The Balaban J connectivity index is 1.59. The predicted molar refractivity (Wildman–Crippen MR) is 83.9 cm³/mol. The van der Waals surface area contributed by atoms with Gasteiger partial charge in [0.25, 0.3) is 0 Å². The number of nitrogens with one attached hydrogen (secondary N) is 1. The summed E-state index contributed by atoms with van der Waals surface area (Å²) in [5.41, 5.74) is 1.45. The molecule has 0 aromatic carbocycles. The zero-order valence-corrected chi connectivity index (χ0v) is 13.4. The van der Waals surface area contributed by atoms with E-state index in [4.69, 9.17) is 0 Å². The van der Waals surface area contributed by atoms with Gasteiger partial charge in [0.2, 0.25) is 0 Å². The maximum atomic E-state index is 4.17. The van der Waals surface area contributed by atoms with E-state index in [1.54, 1.807) is 4.68 Å². The molecule has 3 rings (SSSR count). The van der Waals surface area contributed by atoms with Gasteiger partial charge in [-0.25, -0.2) is 0 Å². The molecule has 0 unspecified atom stereocenters. The van der Waals surface area contributed by atoms with Crippen LogP contribution in [0.15, 0.2) is 6.20 Å². The molecule has 1 aliphatic heterocycles. The summed E-state index contributed by atoms with van der Waals surface area (Å²) < 4.78 is 1.78. The van der Waals surface area contributed by atoms with Crippen molar-refractivity contribution in [2.45, 2.75) is 63.5 Å². The smallest absolute Gasteiger partial charge is 0.0964 e. The summed E-state index contributed by atoms with van der Waals surface area (Å²) in [6, 6.07) is 0. The number of nitrogens with zero attached hydrogens (tertiary/aromatic N) is 4. The van der Waals surface area contributed by atoms with Crippen LogP contribution in [0.3, 0.4) is 0 Å². The molecule has 1 N–H and O–H groups in total. The highest BCUT2D eigenvalue weighted by atomic mass is 15.4. The van der Waals surface area contributed by atoms with Crippen molar-refractivity contribution < 1.29 is 0 Å². The molecule has 118 valence electrons. The maximum absolute atomic E-state index is 4.17. The van der Waals surface area contributed by atoms with E-state index in [9.17, 15) is 0 Å². The first kappa shape index (κ1) is 15.0. The minimum absolute atomic E-state index is 0.404. The first-order chi connectivity index (χ1) is 10.3. The van der Waals surface area contributed by atoms with E-state index < -0.39 is 0 Å². The fourth-order valence-electron chi connectivity index (χ4n) is 4.08. The number of likely N-dealkylation sites (tertiary alicyclic amines) is 1. The van der Waals surface area contributed by atoms with Crippen molar-refractivity contribution >= 4 is 0 Å². The van der Waals surface area contributed by atoms with Crippen molar-refractivity contribution in [3.05, 3.63) is 11.9 Å². The Morgan fingerprint density at radius 2 is 1.81 bits per heavy atom. The SMILES string of the molecule is Cn1cc(CNCC2(N3CCCCC3)CCCCC2)nn1. The Morgan fingerprint density at radius 3 is 2.48 bits per heavy atom. The summed E-state index contributed by atoms with van der Waals surface area (Å²) in [4.78, 5) is 2.79. The van der Waals surface area contributed by atoms with Gasteiger partial charge in [-0.05, 0) is 38.8 Å². The molecule has 2 aliphatic rings. The standard InChI is InChI=1S/C16H29N5/c1-20-13-15(18-19-20)12-17-14-16(8-4-2-5-9-16)21-10-6-3-7-11-21/h13,17H,2-12,14H2,1H3. The van der Waals surface area contributed by atoms with E-state index in [1.807, 2.05) is 13.2 Å². The zero-order chi connectivity index (χ0) is 14.5. The van der Waals surface area contributed by atoms with Crippen LogP contribution in [-0.4, -0.2) is 45.1 Å². The molecule has 0 amide bonds. The Labute approximate surface area is 128 Å². The normalized spacial score (nSPS) is 23.3. The van der Waals surface area contributed by atoms with Crippen LogP contribution in [0.1, 0.15) is 57.1 Å². The molecule has 0 atom stereocenters. The molecule has 2 fully saturated rings. The van der Waals surface area contributed by atoms with E-state index in [-0.39, 0.29) is 0 Å². The highest BCUT2D eigenvalue weighted by molar-refractivity contribution is 4.98. The molecule has 0 spiro atoms. The van der Waals surface area contributed by atoms with Gasteiger partial charge >= 0.3 is 0 Å². The summed E-state index contributed by atoms with van der Waals surface area (Å²) in [6.07, 6.45) is 13.1. The van der Waals surface area contributed by atoms with Crippen LogP contribution in [0.5, 0.6) is 0 Å². The van der Waals surface area contributed by atoms with Gasteiger partial charge in [0.05, 0.1) is 5.69 Å². The molecule has 1 aliphatic carbocycles. The Hall–Kier alpha value is -0.940. The lowest BCUT2D eigenvalue weighted by Gasteiger charge is -2.48. The summed E-state index contributed by atoms with van der Waals surface area (Å²) in [7, 11) is 1.92. The minimum Gasteiger partial charge on any atom is -0.309 e. The van der Waals surface area contributed by atoms with Crippen molar-refractivity contribution in [2.24, 2.45) is 7.05 Å². The molecule has 0 radical (unpaired) electrons. The summed E-state index contributed by atoms with van der Waals surface area (Å²) in [5.74, 6) is 0. The monoisotopic (exact) mass is 291 g/mol. The third kappa shape index (κ3) is 3.64. The first-order valence-electron chi connectivity index (χ1n) is 8.60. The van der Waals surface area contributed by atoms with E-state index in [0.29, 0.717) is 5.54 Å². The van der Waals surface area contributed by atoms with E-state index in [2.05, 4.69) is 20.5 Å². The molecule has 0 bridgehead atoms. The Morgan fingerprint density at radius 1 is 1.10 bits per heavy atom. The molecule has 5 nitrogen and oxygen atoms in total. The van der Waals surface area contributed by atoms with Crippen molar-refractivity contribution in [3.63, 3.8) is 0 Å². The maximum Gasteiger partial charge on any atom is 0.0964 e. The van der Waals surface area contributed by atoms with Crippen LogP contribution in [-0.2, 0) is 13.6 Å². The lowest BCUT2D eigenvalue weighted by atomic mass is 9.79. The molecule has 1 aromatic heterocycles. The number of piperidine rings is 1. The zero-order valence-electron chi connectivity index (χ0n) is 13.4. The molecule has 2 heterocycles. The first-order valence-corrected chi connectivity index (χ1v) is 8.60. The highest BCUT2D eigenvalue weighted by Gasteiger charge is 2.37. The lowest BCUT2D eigenvalue weighted by Crippen LogP contribution is -2.57. The minimum atomic E-state index is 0.404. The van der Waals surface area contributed by atoms with Crippen molar-refractivity contribution in [1.82, 2.24) is 25.2 Å². The highest BCUT2D eigenvalue weighted by Crippen LogP contribution is 2.35. The number of aryl methyl sites for hydroxylation is 1. The predicted octanol–water partition coefficient (Wildman–Crippen LogP) is 2.09. The number of hydrogen-bond donors (Lipinski definition) is 1. The van der Waals surface area contributed by atoms with E-state index in [1.165, 1.54) is 64.5 Å². The van der Waals surface area contributed by atoms with Crippen LogP contribution in [0, 0.1) is 0 Å². The second-order valence-corrected chi connectivity index (χ2v) is 6.82. The van der Waals surface area contributed by atoms with Crippen LogP contribution < -0.4 is 5.32 Å². The third-order valence-electron chi connectivity index (χ3n) is 5.22. The number of aromatic nitrogens is 3. The fraction of sp³-hybridized carbons (Fsp3) is 0.875. The van der Waals surface area contributed by atoms with Crippen LogP contribution in [0.25, 0.3) is 0 Å². The molecular formula is C16H29N5. The van der Waals surface area contributed by atoms with Gasteiger partial charge < -0.3 is 5.32 Å². The van der Waals surface area contributed by atoms with E-state index in [0.717, 1.165) is 18.8 Å². The molecule has 1 saturated heterocycles. The molecule has 1 aromatic rings. The van der Waals surface area contributed by atoms with Crippen LogP contribution in [0.2, 0.25) is 0 Å². The molecule has 1 saturated carbocycles. The second-order valence-electron chi connectivity index (χ2n) is 6.82. The average Bonchev–Trinajstić information content (AvgIpc) is 2.95. The Bertz CT molecular complexity index is 430. The van der Waals surface area contributed by atoms with Gasteiger partial charge in [-0.15, -0.1) is 5.10 Å². The van der Waals surface area contributed by atoms with Gasteiger partial charge in [-0.3, -0.25) is 9.58 Å². The fourth-order valence-corrected chi connectivity index (χ4v) is 4.08. The summed E-state index contributed by atoms with van der Waals surface area (Å²) in [5, 5.41) is 11.8. The second kappa shape index (κ2) is 6.88. The van der Waals surface area contributed by atoms with Crippen molar-refractivity contribution in [1.29, 1.82) is 0 Å². The van der Waals surface area contributed by atoms with Gasteiger partial charge in [0.1, 0.15) is 0 Å². The lowest BCUT2D eigenvalue weighted by molar-refractivity contribution is 0.0332. The third-order valence-corrected chi connectivity index (χ3v) is 5.22. The molecule has 21 heavy (non-hydrogen) atoms. The molecule has 5 heteroatoms. The van der Waals surface area contributed by atoms with Gasteiger partial charge in [-0.2, -0.15) is 0 Å². The molecular weight excluding hydrogens is 262 g/mol. The average molecular weight is 291 g/mol.